The molecule has 0 bridgehead atoms. The van der Waals surface area contributed by atoms with Crippen LogP contribution in [0.1, 0.15) is 42.4 Å². The van der Waals surface area contributed by atoms with E-state index in [4.69, 9.17) is 5.11 Å². The van der Waals surface area contributed by atoms with Gasteiger partial charge in [0.15, 0.2) is 12.1 Å². The van der Waals surface area contributed by atoms with Crippen molar-refractivity contribution in [1.29, 1.82) is 0 Å². The van der Waals surface area contributed by atoms with Gasteiger partial charge in [-0.2, -0.15) is 13.2 Å². The number of aromatic nitrogens is 1. The first-order chi connectivity index (χ1) is 9.27. The summed E-state index contributed by atoms with van der Waals surface area (Å²) in [7, 11) is 0. The topological polar surface area (TPSA) is 92.4 Å². The van der Waals surface area contributed by atoms with Gasteiger partial charge in [-0.25, -0.2) is 9.78 Å². The summed E-state index contributed by atoms with van der Waals surface area (Å²) >= 11 is 0. The number of carbonyl (C=O) groups excluding carboxylic acids is 1. The van der Waals surface area contributed by atoms with Crippen LogP contribution in [0.25, 0.3) is 0 Å². The predicted octanol–water partition coefficient (Wildman–Crippen LogP) is 2.07. The molecule has 0 radical (unpaired) electrons. The number of hydrogen-bond acceptors (Lipinski definition) is 4. The van der Waals surface area contributed by atoms with Crippen LogP contribution in [0.4, 0.5) is 13.2 Å². The Kier molecular flexibility index (Phi) is 5.12. The number of unbranched alkanes of at least 4 members (excludes halogenated alkanes) is 1. The number of carboxylic acids is 1. The van der Waals surface area contributed by atoms with Gasteiger partial charge in [0.05, 0.1) is 0 Å². The van der Waals surface area contributed by atoms with E-state index in [0.717, 1.165) is 0 Å². The highest BCUT2D eigenvalue weighted by molar-refractivity contribution is 5.95. The summed E-state index contributed by atoms with van der Waals surface area (Å²) in [5.41, 5.74) is -0.972. The molecule has 1 atom stereocenters. The van der Waals surface area contributed by atoms with Crippen LogP contribution in [-0.2, 0) is 11.0 Å². The van der Waals surface area contributed by atoms with Gasteiger partial charge < -0.3 is 14.8 Å². The molecule has 0 aliphatic heterocycles. The number of nitrogens with zero attached hydrogens (tertiary/aromatic N) is 1. The van der Waals surface area contributed by atoms with Gasteiger partial charge in [-0.15, -0.1) is 0 Å². The summed E-state index contributed by atoms with van der Waals surface area (Å²) in [5.74, 6) is -4.09. The van der Waals surface area contributed by atoms with E-state index in [9.17, 15) is 22.8 Å². The monoisotopic (exact) mass is 294 g/mol. The lowest BCUT2D eigenvalue weighted by Crippen LogP contribution is -2.41. The Morgan fingerprint density at radius 3 is 2.65 bits per heavy atom. The molecule has 0 aliphatic carbocycles. The molecule has 2 N–H and O–H groups in total. The number of oxazole rings is 1. The van der Waals surface area contributed by atoms with E-state index in [0.29, 0.717) is 19.2 Å². The van der Waals surface area contributed by atoms with Crippen molar-refractivity contribution in [2.75, 3.05) is 0 Å². The van der Waals surface area contributed by atoms with Crippen LogP contribution in [0.15, 0.2) is 10.8 Å². The zero-order valence-corrected chi connectivity index (χ0v) is 10.5. The summed E-state index contributed by atoms with van der Waals surface area (Å²) in [6, 6.07) is -1.26. The molecule has 0 spiro atoms. The van der Waals surface area contributed by atoms with Crippen molar-refractivity contribution in [1.82, 2.24) is 10.3 Å². The van der Waals surface area contributed by atoms with Gasteiger partial charge in [0.1, 0.15) is 6.04 Å². The molecule has 6 nitrogen and oxygen atoms in total. The lowest BCUT2D eigenvalue weighted by atomic mass is 10.1. The number of carboxylic acid groups (broad SMARTS) is 1. The molecule has 1 amide bonds. The second-order valence-corrected chi connectivity index (χ2v) is 4.03. The van der Waals surface area contributed by atoms with Gasteiger partial charge in [0, 0.05) is 0 Å². The normalized spacial score (nSPS) is 13.0. The Balaban J connectivity index is 2.85. The maximum absolute atomic E-state index is 12.5. The van der Waals surface area contributed by atoms with E-state index in [-0.39, 0.29) is 6.42 Å². The molecule has 0 saturated heterocycles. The summed E-state index contributed by atoms with van der Waals surface area (Å²) in [6.45, 7) is 1.82. The minimum Gasteiger partial charge on any atom is -0.480 e. The van der Waals surface area contributed by atoms with Crippen molar-refractivity contribution >= 4 is 11.9 Å². The number of nitrogens with one attached hydrogen (secondary N) is 1. The van der Waals surface area contributed by atoms with Gasteiger partial charge in [-0.1, -0.05) is 19.8 Å². The smallest absolute Gasteiger partial charge is 0.452 e. The zero-order valence-electron chi connectivity index (χ0n) is 10.5. The minimum atomic E-state index is -4.87. The van der Waals surface area contributed by atoms with Crippen LogP contribution in [-0.4, -0.2) is 28.0 Å². The first kappa shape index (κ1) is 16.0. The molecule has 1 aromatic heterocycles. The molecule has 0 unspecified atom stereocenters. The summed E-state index contributed by atoms with van der Waals surface area (Å²) in [4.78, 5) is 25.7. The molecule has 0 saturated carbocycles. The van der Waals surface area contributed by atoms with Crippen molar-refractivity contribution in [3.05, 3.63) is 17.8 Å². The number of carbonyl (C=O) groups is 2. The third kappa shape index (κ3) is 3.97. The highest BCUT2D eigenvalue weighted by atomic mass is 19.4. The summed E-state index contributed by atoms with van der Waals surface area (Å²) < 4.78 is 41.7. The average Bonchev–Trinajstić information content (AvgIpc) is 2.82. The van der Waals surface area contributed by atoms with Gasteiger partial charge in [-0.05, 0) is 6.42 Å². The van der Waals surface area contributed by atoms with E-state index in [1.54, 1.807) is 0 Å². The molecule has 20 heavy (non-hydrogen) atoms. The molecule has 112 valence electrons. The molecule has 9 heteroatoms. The molecule has 0 fully saturated rings. The molecular weight excluding hydrogens is 281 g/mol. The van der Waals surface area contributed by atoms with Crippen molar-refractivity contribution < 1.29 is 32.3 Å². The predicted molar refractivity (Wildman–Crippen MR) is 59.9 cm³/mol. The summed E-state index contributed by atoms with van der Waals surface area (Å²) in [5, 5.41) is 10.9. The van der Waals surface area contributed by atoms with Crippen molar-refractivity contribution in [3.8, 4) is 0 Å². The number of amides is 1. The fraction of sp³-hybridized carbons (Fsp3) is 0.545. The molecule has 0 aliphatic rings. The quantitative estimate of drug-likeness (QED) is 0.837. The van der Waals surface area contributed by atoms with E-state index < -0.39 is 35.5 Å². The fourth-order valence-electron chi connectivity index (χ4n) is 1.50. The Bertz CT molecular complexity index is 484. The van der Waals surface area contributed by atoms with Gasteiger partial charge in [-0.3, -0.25) is 4.79 Å². The maximum Gasteiger partial charge on any atom is 0.452 e. The Morgan fingerprint density at radius 2 is 2.15 bits per heavy atom. The largest absolute Gasteiger partial charge is 0.480 e. The van der Waals surface area contributed by atoms with Crippen LogP contribution in [0.5, 0.6) is 0 Å². The van der Waals surface area contributed by atoms with Gasteiger partial charge in [0.25, 0.3) is 5.91 Å². The molecule has 1 heterocycles. The third-order valence-corrected chi connectivity index (χ3v) is 2.49. The number of halogens is 3. The number of hydrogen-bond donors (Lipinski definition) is 2. The standard InChI is InChI=1S/C11H13F3N2O4/c1-2-3-4-6(10(18)19)16-9(17)7-8(11(12,13)14)20-5-15-7/h5-6H,2-4H2,1H3,(H,16,17)(H,18,19)/t6-/m1/s1. The molecule has 1 aromatic rings. The van der Waals surface area contributed by atoms with E-state index >= 15 is 0 Å². The molecule has 0 aromatic carbocycles. The first-order valence-electron chi connectivity index (χ1n) is 5.81. The average molecular weight is 294 g/mol. The number of aliphatic carboxylic acids is 1. The number of rotatable bonds is 6. The van der Waals surface area contributed by atoms with E-state index in [1.165, 1.54) is 0 Å². The van der Waals surface area contributed by atoms with Crippen molar-refractivity contribution in [2.24, 2.45) is 0 Å². The van der Waals surface area contributed by atoms with Crippen molar-refractivity contribution in [3.63, 3.8) is 0 Å². The third-order valence-electron chi connectivity index (χ3n) is 2.49. The van der Waals surface area contributed by atoms with Crippen molar-refractivity contribution in [2.45, 2.75) is 38.4 Å². The van der Waals surface area contributed by atoms with E-state index in [1.807, 2.05) is 12.2 Å². The van der Waals surface area contributed by atoms with Gasteiger partial charge >= 0.3 is 12.1 Å². The Morgan fingerprint density at radius 1 is 1.50 bits per heavy atom. The second-order valence-electron chi connectivity index (χ2n) is 4.03. The van der Waals surface area contributed by atoms with E-state index in [2.05, 4.69) is 9.40 Å². The highest BCUT2D eigenvalue weighted by Gasteiger charge is 2.41. The number of alkyl halides is 3. The molecule has 1 rings (SSSR count). The maximum atomic E-state index is 12.5. The lowest BCUT2D eigenvalue weighted by molar-refractivity contribution is -0.153. The SMILES string of the molecule is CCCC[C@@H](NC(=O)c1ncoc1C(F)(F)F)C(=O)O. The Labute approximate surface area is 112 Å². The van der Waals surface area contributed by atoms with Crippen LogP contribution in [0, 0.1) is 0 Å². The highest BCUT2D eigenvalue weighted by Crippen LogP contribution is 2.31. The zero-order chi connectivity index (χ0) is 15.3. The van der Waals surface area contributed by atoms with Crippen LogP contribution in [0.3, 0.4) is 0 Å². The Hall–Kier alpha value is -2.06. The second kappa shape index (κ2) is 6.40. The van der Waals surface area contributed by atoms with Crippen LogP contribution in [0.2, 0.25) is 0 Å². The fourth-order valence-corrected chi connectivity index (χ4v) is 1.50. The lowest BCUT2D eigenvalue weighted by Gasteiger charge is -2.13. The first-order valence-corrected chi connectivity index (χ1v) is 5.81. The van der Waals surface area contributed by atoms with Gasteiger partial charge in [0.2, 0.25) is 5.76 Å². The summed E-state index contributed by atoms with van der Waals surface area (Å²) in [6.07, 6.45) is -3.05. The molecular formula is C11H13F3N2O4. The van der Waals surface area contributed by atoms with Crippen LogP contribution >= 0.6 is 0 Å². The van der Waals surface area contributed by atoms with Crippen LogP contribution < -0.4 is 5.32 Å². The minimum absolute atomic E-state index is 0.122.